The molecule has 1 N–H and O–H groups in total. The summed E-state index contributed by atoms with van der Waals surface area (Å²) in [5.41, 5.74) is 5.22. The first-order chi connectivity index (χ1) is 15.5. The summed E-state index contributed by atoms with van der Waals surface area (Å²) in [6, 6.07) is 6.13. The summed E-state index contributed by atoms with van der Waals surface area (Å²) in [7, 11) is 1.75. The van der Waals surface area contributed by atoms with Gasteiger partial charge in [0.2, 0.25) is 5.88 Å². The van der Waals surface area contributed by atoms with E-state index in [1.807, 2.05) is 29.8 Å². The van der Waals surface area contributed by atoms with E-state index in [0.29, 0.717) is 24.9 Å². The van der Waals surface area contributed by atoms with Crippen molar-refractivity contribution in [1.29, 1.82) is 0 Å². The third-order valence-corrected chi connectivity index (χ3v) is 5.31. The summed E-state index contributed by atoms with van der Waals surface area (Å²) >= 11 is 0. The number of nitrogens with zero attached hydrogens (tertiary/aromatic N) is 8. The standard InChI is InChI=1S/C22H29N9O/c1-6-11-32-22-16(9-8-10-23-22)17-12-18(24-13-19-26-29-30(5)28-19)21-20(25-17)15(4)27-31(21)14(3)7-2/h8-10,12,14H,6-7,11,13H2,1-5H3,(H,24,25)/t14-/m1/s1. The molecule has 0 amide bonds. The van der Waals surface area contributed by atoms with E-state index in [0.717, 1.165) is 46.5 Å². The smallest absolute Gasteiger partial charge is 0.222 e. The van der Waals surface area contributed by atoms with Crippen LogP contribution in [0.5, 0.6) is 5.88 Å². The van der Waals surface area contributed by atoms with Crippen LogP contribution in [0.4, 0.5) is 5.69 Å². The van der Waals surface area contributed by atoms with E-state index in [1.54, 1.807) is 13.2 Å². The fraction of sp³-hybridized carbons (Fsp3) is 0.455. The molecule has 0 saturated heterocycles. The first-order valence-electron chi connectivity index (χ1n) is 11.0. The van der Waals surface area contributed by atoms with Crippen molar-refractivity contribution in [3.8, 4) is 17.1 Å². The third kappa shape index (κ3) is 4.25. The Morgan fingerprint density at radius 2 is 2.06 bits per heavy atom. The molecule has 10 heteroatoms. The lowest BCUT2D eigenvalue weighted by molar-refractivity contribution is 0.306. The Bertz CT molecular complexity index is 1210. The van der Waals surface area contributed by atoms with E-state index in [4.69, 9.17) is 14.8 Å². The minimum absolute atomic E-state index is 0.232. The van der Waals surface area contributed by atoms with Gasteiger partial charge in [-0.25, -0.2) is 9.97 Å². The van der Waals surface area contributed by atoms with Gasteiger partial charge in [-0.05, 0) is 50.1 Å². The van der Waals surface area contributed by atoms with Gasteiger partial charge < -0.3 is 10.1 Å². The van der Waals surface area contributed by atoms with Crippen molar-refractivity contribution in [3.63, 3.8) is 0 Å². The maximum atomic E-state index is 5.89. The van der Waals surface area contributed by atoms with Crippen LogP contribution in [0, 0.1) is 6.92 Å². The lowest BCUT2D eigenvalue weighted by Crippen LogP contribution is -2.09. The van der Waals surface area contributed by atoms with Crippen molar-refractivity contribution < 1.29 is 4.74 Å². The monoisotopic (exact) mass is 435 g/mol. The number of anilines is 1. The molecule has 32 heavy (non-hydrogen) atoms. The van der Waals surface area contributed by atoms with Gasteiger partial charge in [0, 0.05) is 12.2 Å². The highest BCUT2D eigenvalue weighted by Crippen LogP contribution is 2.35. The molecule has 10 nitrogen and oxygen atoms in total. The predicted octanol–water partition coefficient (Wildman–Crippen LogP) is 3.70. The van der Waals surface area contributed by atoms with Gasteiger partial charge in [0.05, 0.1) is 42.8 Å². The van der Waals surface area contributed by atoms with E-state index in [1.165, 1.54) is 4.80 Å². The van der Waals surface area contributed by atoms with Gasteiger partial charge in [0.15, 0.2) is 5.82 Å². The maximum Gasteiger partial charge on any atom is 0.222 e. The van der Waals surface area contributed by atoms with E-state index in [-0.39, 0.29) is 6.04 Å². The van der Waals surface area contributed by atoms with Crippen molar-refractivity contribution >= 4 is 16.7 Å². The lowest BCUT2D eigenvalue weighted by Gasteiger charge is -2.15. The summed E-state index contributed by atoms with van der Waals surface area (Å²) in [5.74, 6) is 1.19. The van der Waals surface area contributed by atoms with E-state index in [2.05, 4.69) is 46.5 Å². The quantitative estimate of drug-likeness (QED) is 0.424. The molecule has 4 aromatic heterocycles. The Kier molecular flexibility index (Phi) is 6.29. The van der Waals surface area contributed by atoms with Crippen LogP contribution in [0.1, 0.15) is 51.2 Å². The van der Waals surface area contributed by atoms with Crippen LogP contribution in [-0.2, 0) is 13.6 Å². The van der Waals surface area contributed by atoms with E-state index >= 15 is 0 Å². The van der Waals surface area contributed by atoms with Gasteiger partial charge in [-0.3, -0.25) is 4.68 Å². The molecule has 1 atom stereocenters. The van der Waals surface area contributed by atoms with Crippen LogP contribution >= 0.6 is 0 Å². The number of nitrogens with one attached hydrogen (secondary N) is 1. The molecule has 0 aliphatic heterocycles. The Balaban J connectivity index is 1.84. The van der Waals surface area contributed by atoms with Crippen LogP contribution in [-0.4, -0.2) is 46.6 Å². The minimum atomic E-state index is 0.232. The Hall–Kier alpha value is -3.56. The van der Waals surface area contributed by atoms with Crippen LogP contribution in [0.3, 0.4) is 0 Å². The zero-order chi connectivity index (χ0) is 22.7. The fourth-order valence-electron chi connectivity index (χ4n) is 3.51. The van der Waals surface area contributed by atoms with Crippen molar-refractivity contribution in [2.75, 3.05) is 11.9 Å². The molecule has 0 spiro atoms. The summed E-state index contributed by atoms with van der Waals surface area (Å²) in [6.45, 7) is 9.40. The SMILES string of the molecule is CCCOc1ncccc1-c1cc(NCc2nnn(C)n2)c2c(n1)c(C)nn2[C@H](C)CC. The molecule has 0 fully saturated rings. The summed E-state index contributed by atoms with van der Waals surface area (Å²) in [4.78, 5) is 10.9. The molecular weight excluding hydrogens is 406 g/mol. The Labute approximate surface area is 187 Å². The average molecular weight is 436 g/mol. The van der Waals surface area contributed by atoms with Gasteiger partial charge in [0.1, 0.15) is 11.0 Å². The zero-order valence-electron chi connectivity index (χ0n) is 19.2. The average Bonchev–Trinajstić information content (AvgIpc) is 3.38. The largest absolute Gasteiger partial charge is 0.477 e. The van der Waals surface area contributed by atoms with Gasteiger partial charge in [-0.15, -0.1) is 10.2 Å². The van der Waals surface area contributed by atoms with E-state index in [9.17, 15) is 0 Å². The van der Waals surface area contributed by atoms with Crippen LogP contribution < -0.4 is 10.1 Å². The molecule has 0 aromatic carbocycles. The molecule has 168 valence electrons. The molecule has 4 aromatic rings. The molecule has 0 aliphatic rings. The number of rotatable bonds is 9. The maximum absolute atomic E-state index is 5.89. The van der Waals surface area contributed by atoms with Crippen molar-refractivity contribution in [2.45, 2.75) is 53.1 Å². The molecular formula is C22H29N9O. The molecule has 4 heterocycles. The normalized spacial score (nSPS) is 12.3. The molecule has 0 bridgehead atoms. The lowest BCUT2D eigenvalue weighted by atomic mass is 10.1. The number of aryl methyl sites for hydroxylation is 2. The highest BCUT2D eigenvalue weighted by atomic mass is 16.5. The number of tetrazole rings is 1. The summed E-state index contributed by atoms with van der Waals surface area (Å²) in [5, 5.41) is 20.6. The van der Waals surface area contributed by atoms with Gasteiger partial charge in [-0.1, -0.05) is 13.8 Å². The number of ether oxygens (including phenoxy) is 1. The number of hydrogen-bond acceptors (Lipinski definition) is 8. The van der Waals surface area contributed by atoms with Gasteiger partial charge in [0.25, 0.3) is 0 Å². The Morgan fingerprint density at radius 3 is 2.78 bits per heavy atom. The molecule has 0 saturated carbocycles. The predicted molar refractivity (Wildman–Crippen MR) is 122 cm³/mol. The minimum Gasteiger partial charge on any atom is -0.477 e. The fourth-order valence-corrected chi connectivity index (χ4v) is 3.51. The first-order valence-corrected chi connectivity index (χ1v) is 11.0. The van der Waals surface area contributed by atoms with Crippen molar-refractivity contribution in [3.05, 3.63) is 35.9 Å². The first kappa shape index (κ1) is 21.7. The highest BCUT2D eigenvalue weighted by Gasteiger charge is 2.20. The molecule has 0 aliphatic carbocycles. The summed E-state index contributed by atoms with van der Waals surface area (Å²) in [6.07, 6.45) is 3.60. The second-order valence-corrected chi connectivity index (χ2v) is 7.79. The Morgan fingerprint density at radius 1 is 1.22 bits per heavy atom. The van der Waals surface area contributed by atoms with Crippen LogP contribution in [0.15, 0.2) is 24.4 Å². The highest BCUT2D eigenvalue weighted by molar-refractivity contribution is 5.93. The van der Waals surface area contributed by atoms with Crippen LogP contribution in [0.25, 0.3) is 22.3 Å². The second-order valence-electron chi connectivity index (χ2n) is 7.79. The van der Waals surface area contributed by atoms with Crippen molar-refractivity contribution in [2.24, 2.45) is 7.05 Å². The molecule has 0 radical (unpaired) electrons. The zero-order valence-corrected chi connectivity index (χ0v) is 19.2. The number of fused-ring (bicyclic) bond motifs is 1. The topological polar surface area (TPSA) is 108 Å². The van der Waals surface area contributed by atoms with Crippen molar-refractivity contribution in [1.82, 2.24) is 40.0 Å². The molecule has 0 unspecified atom stereocenters. The number of hydrogen-bond donors (Lipinski definition) is 1. The second kappa shape index (κ2) is 9.29. The van der Waals surface area contributed by atoms with Gasteiger partial charge in [-0.2, -0.15) is 9.90 Å². The summed E-state index contributed by atoms with van der Waals surface area (Å²) < 4.78 is 7.94. The molecule has 4 rings (SSSR count). The number of aromatic nitrogens is 8. The number of pyridine rings is 2. The van der Waals surface area contributed by atoms with Gasteiger partial charge >= 0.3 is 0 Å². The van der Waals surface area contributed by atoms with Crippen LogP contribution in [0.2, 0.25) is 0 Å². The third-order valence-electron chi connectivity index (χ3n) is 5.31. The van der Waals surface area contributed by atoms with E-state index < -0.39 is 0 Å².